The van der Waals surface area contributed by atoms with Gasteiger partial charge in [-0.25, -0.2) is 0 Å². The molecule has 1 aromatic rings. The maximum absolute atomic E-state index is 9.59. The van der Waals surface area contributed by atoms with Crippen molar-refractivity contribution in [3.05, 3.63) is 0 Å². The van der Waals surface area contributed by atoms with Crippen LogP contribution in [0.4, 0.5) is 11.1 Å². The van der Waals surface area contributed by atoms with Crippen molar-refractivity contribution in [2.75, 3.05) is 17.7 Å². The third-order valence-electron chi connectivity index (χ3n) is 3.21. The molecule has 0 radical (unpaired) electrons. The first-order chi connectivity index (χ1) is 7.63. The molecule has 2 unspecified atom stereocenters. The van der Waals surface area contributed by atoms with Gasteiger partial charge in [0.2, 0.25) is 11.1 Å². The van der Waals surface area contributed by atoms with Crippen molar-refractivity contribution in [2.45, 2.75) is 38.1 Å². The Balaban J connectivity index is 2.09. The van der Waals surface area contributed by atoms with E-state index in [0.29, 0.717) is 17.0 Å². The number of nitrogen functional groups attached to an aromatic ring is 1. The van der Waals surface area contributed by atoms with Gasteiger partial charge in [0.05, 0.1) is 12.1 Å². The molecule has 4 N–H and O–H groups in total. The van der Waals surface area contributed by atoms with Gasteiger partial charge >= 0.3 is 0 Å². The number of nitrogens with two attached hydrogens (primary N) is 1. The molecule has 0 aliphatic heterocycles. The summed E-state index contributed by atoms with van der Waals surface area (Å²) < 4.78 is 3.93. The highest BCUT2D eigenvalue weighted by Gasteiger charge is 2.35. The Bertz CT molecular complexity index is 356. The van der Waals surface area contributed by atoms with Crippen LogP contribution in [0, 0.1) is 5.92 Å². The van der Waals surface area contributed by atoms with Crippen LogP contribution in [-0.4, -0.2) is 26.6 Å². The Kier molecular flexibility index (Phi) is 3.30. The average molecular weight is 242 g/mol. The van der Waals surface area contributed by atoms with Crippen LogP contribution in [-0.2, 0) is 0 Å². The maximum atomic E-state index is 9.59. The Labute approximate surface area is 99.2 Å². The lowest BCUT2D eigenvalue weighted by Gasteiger charge is -2.39. The minimum Gasteiger partial charge on any atom is -0.394 e. The fourth-order valence-corrected chi connectivity index (χ4v) is 3.09. The quantitative estimate of drug-likeness (QED) is 0.747. The Hall–Kier alpha value is -0.880. The third kappa shape index (κ3) is 2.44. The molecule has 90 valence electrons. The predicted molar refractivity (Wildman–Crippen MR) is 65.4 cm³/mol. The molecule has 6 heteroatoms. The highest BCUT2D eigenvalue weighted by Crippen LogP contribution is 2.35. The number of nitrogens with one attached hydrogen (secondary N) is 1. The number of hydrogen-bond acceptors (Lipinski definition) is 6. The van der Waals surface area contributed by atoms with E-state index in [-0.39, 0.29) is 12.1 Å². The highest BCUT2D eigenvalue weighted by atomic mass is 32.1. The molecule has 0 amide bonds. The van der Waals surface area contributed by atoms with E-state index in [4.69, 9.17) is 5.73 Å². The van der Waals surface area contributed by atoms with E-state index in [1.54, 1.807) is 0 Å². The zero-order valence-corrected chi connectivity index (χ0v) is 10.3. The van der Waals surface area contributed by atoms with Crippen LogP contribution in [0.15, 0.2) is 0 Å². The largest absolute Gasteiger partial charge is 0.394 e. The normalized spacial score (nSPS) is 30.2. The lowest BCUT2D eigenvalue weighted by Crippen LogP contribution is -2.45. The molecule has 0 aromatic carbocycles. The summed E-state index contributed by atoms with van der Waals surface area (Å²) in [6, 6.07) is 0. The van der Waals surface area contributed by atoms with Crippen LogP contribution in [0.3, 0.4) is 0 Å². The summed E-state index contributed by atoms with van der Waals surface area (Å²) in [4.78, 5) is 4.09. The minimum absolute atomic E-state index is 0.136. The van der Waals surface area contributed by atoms with Gasteiger partial charge in [0.25, 0.3) is 0 Å². The summed E-state index contributed by atoms with van der Waals surface area (Å²) in [6.07, 6.45) is 4.33. The monoisotopic (exact) mass is 242 g/mol. The lowest BCUT2D eigenvalue weighted by atomic mass is 9.77. The molecule has 1 fully saturated rings. The summed E-state index contributed by atoms with van der Waals surface area (Å²) >= 11 is 1.25. The van der Waals surface area contributed by atoms with Crippen molar-refractivity contribution < 1.29 is 5.11 Å². The fraction of sp³-hybridized carbons (Fsp3) is 0.800. The van der Waals surface area contributed by atoms with E-state index in [1.807, 2.05) is 0 Å². The molecule has 1 aromatic heterocycles. The van der Waals surface area contributed by atoms with E-state index >= 15 is 0 Å². The van der Waals surface area contributed by atoms with Gasteiger partial charge in [0, 0.05) is 11.5 Å². The van der Waals surface area contributed by atoms with Crippen molar-refractivity contribution in [3.8, 4) is 0 Å². The molecule has 2 rings (SSSR count). The van der Waals surface area contributed by atoms with Crippen molar-refractivity contribution in [1.82, 2.24) is 9.36 Å². The molecule has 0 spiro atoms. The fourth-order valence-electron chi connectivity index (χ4n) is 2.47. The van der Waals surface area contributed by atoms with E-state index in [1.165, 1.54) is 18.0 Å². The smallest absolute Gasteiger partial charge is 0.233 e. The van der Waals surface area contributed by atoms with Crippen LogP contribution in [0.25, 0.3) is 0 Å². The molecule has 1 aliphatic rings. The van der Waals surface area contributed by atoms with Gasteiger partial charge < -0.3 is 16.2 Å². The molecule has 0 bridgehead atoms. The molecule has 16 heavy (non-hydrogen) atoms. The van der Waals surface area contributed by atoms with Crippen molar-refractivity contribution >= 4 is 22.6 Å². The number of aliphatic hydroxyl groups is 1. The summed E-state index contributed by atoms with van der Waals surface area (Å²) in [7, 11) is 0. The summed E-state index contributed by atoms with van der Waals surface area (Å²) in [5.41, 5.74) is 5.25. The number of hydrogen-bond donors (Lipinski definition) is 3. The predicted octanol–water partition coefficient (Wildman–Crippen LogP) is 1.47. The van der Waals surface area contributed by atoms with E-state index < -0.39 is 0 Å². The molecule has 0 saturated heterocycles. The Morgan fingerprint density at radius 3 is 3.06 bits per heavy atom. The molecule has 1 heterocycles. The van der Waals surface area contributed by atoms with Gasteiger partial charge in [-0.05, 0) is 18.8 Å². The number of anilines is 2. The summed E-state index contributed by atoms with van der Waals surface area (Å²) in [5, 5.41) is 13.6. The van der Waals surface area contributed by atoms with Gasteiger partial charge in [-0.2, -0.15) is 9.36 Å². The first-order valence-electron chi connectivity index (χ1n) is 5.62. The molecule has 1 saturated carbocycles. The van der Waals surface area contributed by atoms with Crippen molar-refractivity contribution in [3.63, 3.8) is 0 Å². The second kappa shape index (κ2) is 4.55. The molecular weight excluding hydrogens is 224 g/mol. The molecule has 2 atom stereocenters. The van der Waals surface area contributed by atoms with Gasteiger partial charge in [0.15, 0.2) is 0 Å². The Morgan fingerprint density at radius 1 is 1.69 bits per heavy atom. The molecular formula is C10H18N4OS. The zero-order valence-electron chi connectivity index (χ0n) is 9.44. The van der Waals surface area contributed by atoms with Crippen LogP contribution in [0.5, 0.6) is 0 Å². The van der Waals surface area contributed by atoms with Gasteiger partial charge in [-0.1, -0.05) is 19.8 Å². The van der Waals surface area contributed by atoms with E-state index in [9.17, 15) is 5.11 Å². The van der Waals surface area contributed by atoms with Gasteiger partial charge in [-0.15, -0.1) is 0 Å². The minimum atomic E-state index is -0.232. The van der Waals surface area contributed by atoms with Gasteiger partial charge in [0.1, 0.15) is 0 Å². The number of nitrogens with zero attached hydrogens (tertiary/aromatic N) is 2. The molecule has 5 nitrogen and oxygen atoms in total. The lowest BCUT2D eigenvalue weighted by molar-refractivity contribution is 0.149. The topological polar surface area (TPSA) is 84.1 Å². The first kappa shape index (κ1) is 11.6. The second-order valence-corrected chi connectivity index (χ2v) is 5.47. The molecule has 1 aliphatic carbocycles. The highest BCUT2D eigenvalue weighted by molar-refractivity contribution is 7.09. The van der Waals surface area contributed by atoms with Crippen molar-refractivity contribution in [1.29, 1.82) is 0 Å². The zero-order chi connectivity index (χ0) is 11.6. The maximum Gasteiger partial charge on any atom is 0.233 e. The van der Waals surface area contributed by atoms with Gasteiger partial charge in [-0.3, -0.25) is 0 Å². The second-order valence-electron chi connectivity index (χ2n) is 4.72. The number of rotatable bonds is 3. The third-order valence-corrected chi connectivity index (χ3v) is 3.85. The first-order valence-corrected chi connectivity index (χ1v) is 6.39. The van der Waals surface area contributed by atoms with Crippen LogP contribution < -0.4 is 11.1 Å². The van der Waals surface area contributed by atoms with Crippen LogP contribution >= 0.6 is 11.5 Å². The number of aliphatic hydroxyl groups excluding tert-OH is 1. The average Bonchev–Trinajstić information content (AvgIpc) is 2.64. The van der Waals surface area contributed by atoms with E-state index in [0.717, 1.165) is 19.3 Å². The Morgan fingerprint density at radius 2 is 2.50 bits per heavy atom. The standard InChI is InChI=1S/C10H18N4OS/c1-7-3-2-4-10(5-7,6-15)13-9-12-8(11)14-16-9/h7,15H,2-6H2,1H3,(H3,11,12,13,14). The van der Waals surface area contributed by atoms with Crippen LogP contribution in [0.2, 0.25) is 0 Å². The number of aromatic nitrogens is 2. The summed E-state index contributed by atoms with van der Waals surface area (Å²) in [6.45, 7) is 2.36. The SMILES string of the molecule is CC1CCCC(CO)(Nc2nc(N)ns2)C1. The van der Waals surface area contributed by atoms with E-state index in [2.05, 4.69) is 21.6 Å². The van der Waals surface area contributed by atoms with Crippen molar-refractivity contribution in [2.24, 2.45) is 5.92 Å². The van der Waals surface area contributed by atoms with Crippen LogP contribution in [0.1, 0.15) is 32.6 Å². The summed E-state index contributed by atoms with van der Waals surface area (Å²) in [5.74, 6) is 0.933.